The summed E-state index contributed by atoms with van der Waals surface area (Å²) in [6.45, 7) is 6.59. The van der Waals surface area contributed by atoms with E-state index in [4.69, 9.17) is 0 Å². The molecule has 90 valence electrons. The van der Waals surface area contributed by atoms with Gasteiger partial charge in [-0.1, -0.05) is 13.0 Å². The molecule has 4 fully saturated rings. The zero-order valence-corrected chi connectivity index (χ0v) is 10.8. The summed E-state index contributed by atoms with van der Waals surface area (Å²) in [5.41, 5.74) is 1.21. The molecular weight excluding hydrogens is 194 g/mol. The van der Waals surface area contributed by atoms with Crippen LogP contribution in [0.5, 0.6) is 0 Å². The monoisotopic (exact) mass is 219 g/mol. The van der Waals surface area contributed by atoms with Crippen molar-refractivity contribution >= 4 is 0 Å². The fourth-order valence-electron chi connectivity index (χ4n) is 5.84. The van der Waals surface area contributed by atoms with E-state index in [2.05, 4.69) is 31.9 Å². The van der Waals surface area contributed by atoms with E-state index >= 15 is 0 Å². The Labute approximate surface area is 99.7 Å². The molecule has 4 aliphatic carbocycles. The average Bonchev–Trinajstić information content (AvgIpc) is 2.14. The maximum atomic E-state index is 4.05. The quantitative estimate of drug-likeness (QED) is 0.718. The van der Waals surface area contributed by atoms with Gasteiger partial charge in [-0.3, -0.25) is 0 Å². The molecule has 4 bridgehead atoms. The van der Waals surface area contributed by atoms with Crippen molar-refractivity contribution in [3.8, 4) is 0 Å². The Hall–Kier alpha value is -0.300. The van der Waals surface area contributed by atoms with E-state index in [1.54, 1.807) is 0 Å². The summed E-state index contributed by atoms with van der Waals surface area (Å²) < 4.78 is 0. The van der Waals surface area contributed by atoms with Crippen LogP contribution >= 0.6 is 0 Å². The van der Waals surface area contributed by atoms with Gasteiger partial charge in [-0.15, -0.1) is 6.58 Å². The van der Waals surface area contributed by atoms with E-state index in [1.807, 2.05) is 0 Å². The maximum absolute atomic E-state index is 4.05. The average molecular weight is 219 g/mol. The van der Waals surface area contributed by atoms with Crippen LogP contribution in [-0.4, -0.2) is 13.1 Å². The minimum Gasteiger partial charge on any atom is -0.313 e. The lowest BCUT2D eigenvalue weighted by atomic mass is 9.43. The fourth-order valence-corrected chi connectivity index (χ4v) is 5.84. The molecule has 0 amide bonds. The van der Waals surface area contributed by atoms with Gasteiger partial charge in [-0.2, -0.15) is 0 Å². The number of likely N-dealkylation sites (N-methyl/N-ethyl adjacent to an activating group) is 1. The highest BCUT2D eigenvalue weighted by Crippen LogP contribution is 2.66. The molecule has 3 atom stereocenters. The lowest BCUT2D eigenvalue weighted by Gasteiger charge is -2.63. The summed E-state index contributed by atoms with van der Waals surface area (Å²) in [7, 11) is 2.10. The molecule has 0 aromatic heterocycles. The molecule has 4 saturated carbocycles. The van der Waals surface area contributed by atoms with E-state index in [9.17, 15) is 0 Å². The highest BCUT2D eigenvalue weighted by molar-refractivity contribution is 5.13. The first-order valence-electron chi connectivity index (χ1n) is 6.89. The van der Waals surface area contributed by atoms with Crippen molar-refractivity contribution in [2.75, 3.05) is 7.05 Å². The summed E-state index contributed by atoms with van der Waals surface area (Å²) in [5.74, 6) is 2.03. The van der Waals surface area contributed by atoms with Crippen LogP contribution in [0.2, 0.25) is 0 Å². The molecule has 0 saturated heterocycles. The topological polar surface area (TPSA) is 12.0 Å². The molecule has 3 unspecified atom stereocenters. The molecule has 0 heterocycles. The van der Waals surface area contributed by atoms with E-state index in [0.717, 1.165) is 11.8 Å². The van der Waals surface area contributed by atoms with Crippen LogP contribution in [0, 0.1) is 22.7 Å². The van der Waals surface area contributed by atoms with E-state index in [0.29, 0.717) is 16.9 Å². The van der Waals surface area contributed by atoms with Crippen molar-refractivity contribution in [2.45, 2.75) is 51.5 Å². The van der Waals surface area contributed by atoms with Crippen LogP contribution in [-0.2, 0) is 0 Å². The second-order valence-corrected chi connectivity index (χ2v) is 7.14. The number of rotatable bonds is 3. The van der Waals surface area contributed by atoms with Crippen LogP contribution in [0.1, 0.15) is 45.4 Å². The third kappa shape index (κ3) is 1.40. The zero-order valence-electron chi connectivity index (χ0n) is 10.8. The van der Waals surface area contributed by atoms with Gasteiger partial charge in [0.25, 0.3) is 0 Å². The van der Waals surface area contributed by atoms with Gasteiger partial charge in [0.05, 0.1) is 0 Å². The first-order valence-corrected chi connectivity index (χ1v) is 6.89. The Balaban J connectivity index is 1.94. The molecule has 0 spiro atoms. The van der Waals surface area contributed by atoms with Gasteiger partial charge in [0.2, 0.25) is 0 Å². The minimum absolute atomic E-state index is 0.540. The molecule has 1 nitrogen and oxygen atoms in total. The molecule has 0 aromatic rings. The smallest absolute Gasteiger partial charge is 0.0301 e. The standard InChI is InChI=1S/C15H25N/c1-4-13(16-3)15-8-11-5-12(9-15)7-14(2,6-11)10-15/h4,11-13,16H,1,5-10H2,2-3H3. The van der Waals surface area contributed by atoms with Crippen molar-refractivity contribution in [3.05, 3.63) is 12.7 Å². The third-order valence-corrected chi connectivity index (χ3v) is 5.61. The molecule has 4 rings (SSSR count). The van der Waals surface area contributed by atoms with Gasteiger partial charge in [0, 0.05) is 6.04 Å². The molecule has 0 radical (unpaired) electrons. The Morgan fingerprint density at radius 3 is 2.31 bits per heavy atom. The summed E-state index contributed by atoms with van der Waals surface area (Å²) in [4.78, 5) is 0. The van der Waals surface area contributed by atoms with Crippen LogP contribution in [0.15, 0.2) is 12.7 Å². The second-order valence-electron chi connectivity index (χ2n) is 7.14. The van der Waals surface area contributed by atoms with Crippen LogP contribution < -0.4 is 5.32 Å². The molecule has 1 heteroatoms. The van der Waals surface area contributed by atoms with Crippen molar-refractivity contribution in [1.29, 1.82) is 0 Å². The molecular formula is C15H25N. The van der Waals surface area contributed by atoms with Gasteiger partial charge < -0.3 is 5.32 Å². The van der Waals surface area contributed by atoms with Crippen LogP contribution in [0.4, 0.5) is 0 Å². The highest BCUT2D eigenvalue weighted by atomic mass is 14.9. The van der Waals surface area contributed by atoms with E-state index < -0.39 is 0 Å². The summed E-state index contributed by atoms with van der Waals surface area (Å²) in [6, 6.07) is 0.540. The first-order chi connectivity index (χ1) is 7.59. The van der Waals surface area contributed by atoms with Crippen LogP contribution in [0.25, 0.3) is 0 Å². The summed E-state index contributed by atoms with van der Waals surface area (Å²) in [6.07, 6.45) is 11.0. The Morgan fingerprint density at radius 2 is 1.88 bits per heavy atom. The van der Waals surface area contributed by atoms with Crippen molar-refractivity contribution < 1.29 is 0 Å². The predicted octanol–water partition coefficient (Wildman–Crippen LogP) is 3.37. The first kappa shape index (κ1) is 10.8. The van der Waals surface area contributed by atoms with Crippen molar-refractivity contribution in [1.82, 2.24) is 5.32 Å². The number of nitrogens with one attached hydrogen (secondary N) is 1. The molecule has 1 N–H and O–H groups in total. The van der Waals surface area contributed by atoms with Gasteiger partial charge in [-0.05, 0) is 68.2 Å². The molecule has 4 aliphatic rings. The third-order valence-electron chi connectivity index (χ3n) is 5.61. The Morgan fingerprint density at radius 1 is 1.25 bits per heavy atom. The molecule has 0 aliphatic heterocycles. The summed E-state index contributed by atoms with van der Waals surface area (Å²) >= 11 is 0. The van der Waals surface area contributed by atoms with Crippen LogP contribution in [0.3, 0.4) is 0 Å². The minimum atomic E-state index is 0.540. The number of hydrogen-bond acceptors (Lipinski definition) is 1. The second kappa shape index (κ2) is 3.35. The largest absolute Gasteiger partial charge is 0.313 e. The lowest BCUT2D eigenvalue weighted by Crippen LogP contribution is -2.57. The normalized spacial score (nSPS) is 51.6. The zero-order chi connectivity index (χ0) is 11.4. The molecule has 16 heavy (non-hydrogen) atoms. The van der Waals surface area contributed by atoms with Gasteiger partial charge >= 0.3 is 0 Å². The lowest BCUT2D eigenvalue weighted by molar-refractivity contribution is -0.110. The maximum Gasteiger partial charge on any atom is 0.0301 e. The van der Waals surface area contributed by atoms with Gasteiger partial charge in [0.1, 0.15) is 0 Å². The summed E-state index contributed by atoms with van der Waals surface area (Å²) in [5, 5.41) is 3.51. The highest BCUT2D eigenvalue weighted by Gasteiger charge is 2.57. The Bertz CT molecular complexity index is 293. The van der Waals surface area contributed by atoms with E-state index in [1.165, 1.54) is 38.5 Å². The SMILES string of the molecule is C=CC(NC)C12CC3CC(CC(C)(C3)C1)C2. The fraction of sp³-hybridized carbons (Fsp3) is 0.867. The van der Waals surface area contributed by atoms with Crippen molar-refractivity contribution in [3.63, 3.8) is 0 Å². The number of hydrogen-bond donors (Lipinski definition) is 1. The van der Waals surface area contributed by atoms with Gasteiger partial charge in [-0.25, -0.2) is 0 Å². The van der Waals surface area contributed by atoms with Gasteiger partial charge in [0.15, 0.2) is 0 Å². The predicted molar refractivity (Wildman–Crippen MR) is 68.3 cm³/mol. The molecule has 0 aromatic carbocycles. The van der Waals surface area contributed by atoms with E-state index in [-0.39, 0.29) is 0 Å². The van der Waals surface area contributed by atoms with Crippen molar-refractivity contribution in [2.24, 2.45) is 22.7 Å². The Kier molecular flexibility index (Phi) is 2.27.